The zero-order valence-corrected chi connectivity index (χ0v) is 24.9. The lowest BCUT2D eigenvalue weighted by atomic mass is 9.95. The first-order chi connectivity index (χ1) is 22.1. The zero-order chi connectivity index (χ0) is 32.8. The molecule has 2 fully saturated rings. The van der Waals surface area contributed by atoms with E-state index in [1.807, 2.05) is 30.3 Å². The van der Waals surface area contributed by atoms with Gasteiger partial charge in [0.1, 0.15) is 18.3 Å². The Morgan fingerprint density at radius 1 is 0.957 bits per heavy atom. The molecule has 9 nitrogen and oxygen atoms in total. The van der Waals surface area contributed by atoms with E-state index >= 15 is 0 Å². The molecule has 0 bridgehead atoms. The highest BCUT2D eigenvalue weighted by molar-refractivity contribution is 5.92. The summed E-state index contributed by atoms with van der Waals surface area (Å²) in [6, 6.07) is 10.6. The average Bonchev–Trinajstić information content (AvgIpc) is 3.78. The largest absolute Gasteiger partial charge is 0.479 e. The van der Waals surface area contributed by atoms with Gasteiger partial charge in [-0.15, -0.1) is 0 Å². The minimum absolute atomic E-state index is 0.0107. The summed E-state index contributed by atoms with van der Waals surface area (Å²) in [6.07, 6.45) is 4.43. The number of benzene rings is 2. The maximum Gasteiger partial charge on any atom is 0.274 e. The van der Waals surface area contributed by atoms with E-state index in [9.17, 15) is 36.7 Å². The number of hydrogen-bond donors (Lipinski definition) is 3. The van der Waals surface area contributed by atoms with Crippen LogP contribution in [0.5, 0.6) is 5.75 Å². The molecule has 5 rings (SSSR count). The molecule has 1 aliphatic heterocycles. The monoisotopic (exact) mass is 642 g/mol. The number of hydrogen-bond acceptors (Lipinski definition) is 6. The molecule has 1 saturated carbocycles. The van der Waals surface area contributed by atoms with Crippen molar-refractivity contribution in [3.8, 4) is 5.75 Å². The molecule has 1 aromatic heterocycles. The Bertz CT molecular complexity index is 1620. The van der Waals surface area contributed by atoms with Gasteiger partial charge in [0.15, 0.2) is 23.2 Å². The first kappa shape index (κ1) is 32.7. The molecule has 3 unspecified atom stereocenters. The molecule has 13 heteroatoms. The van der Waals surface area contributed by atoms with Crippen molar-refractivity contribution in [2.45, 2.75) is 50.6 Å². The van der Waals surface area contributed by atoms with Crippen LogP contribution in [-0.2, 0) is 20.8 Å². The van der Waals surface area contributed by atoms with E-state index in [-0.39, 0.29) is 24.3 Å². The Kier molecular flexibility index (Phi) is 10.4. The van der Waals surface area contributed by atoms with Gasteiger partial charge in [-0.3, -0.25) is 19.2 Å². The summed E-state index contributed by atoms with van der Waals surface area (Å²) in [5, 5.41) is 8.41. The summed E-state index contributed by atoms with van der Waals surface area (Å²) < 4.78 is 61.8. The zero-order valence-electron chi connectivity index (χ0n) is 24.9. The molecule has 2 aliphatic rings. The highest BCUT2D eigenvalue weighted by atomic mass is 19.2. The van der Waals surface area contributed by atoms with Crippen LogP contribution >= 0.6 is 0 Å². The predicted octanol–water partition coefficient (Wildman–Crippen LogP) is 4.06. The quantitative estimate of drug-likeness (QED) is 0.170. The average molecular weight is 643 g/mol. The predicted molar refractivity (Wildman–Crippen MR) is 160 cm³/mol. The number of rotatable bonds is 15. The molecule has 2 amide bonds. The number of carbonyl (C=O) groups is 3. The van der Waals surface area contributed by atoms with E-state index in [0.717, 1.165) is 18.4 Å². The van der Waals surface area contributed by atoms with Crippen molar-refractivity contribution in [1.29, 1.82) is 0 Å². The lowest BCUT2D eigenvalue weighted by Gasteiger charge is -2.25. The maximum absolute atomic E-state index is 14.2. The van der Waals surface area contributed by atoms with E-state index < -0.39 is 70.9 Å². The summed E-state index contributed by atoms with van der Waals surface area (Å²) in [7, 11) is 0. The summed E-state index contributed by atoms with van der Waals surface area (Å²) >= 11 is 0. The topological polar surface area (TPSA) is 119 Å². The number of nitrogens with zero attached hydrogens (tertiary/aromatic N) is 1. The van der Waals surface area contributed by atoms with Gasteiger partial charge in [0.05, 0.1) is 6.04 Å². The smallest absolute Gasteiger partial charge is 0.274 e. The van der Waals surface area contributed by atoms with Crippen molar-refractivity contribution in [3.63, 3.8) is 0 Å². The number of halogens is 4. The van der Waals surface area contributed by atoms with Gasteiger partial charge in [0.25, 0.3) is 5.56 Å². The van der Waals surface area contributed by atoms with Crippen molar-refractivity contribution in [1.82, 2.24) is 15.2 Å². The van der Waals surface area contributed by atoms with Gasteiger partial charge in [-0.05, 0) is 49.3 Å². The Labute approximate surface area is 262 Å². The van der Waals surface area contributed by atoms with Gasteiger partial charge in [-0.25, -0.2) is 8.78 Å². The molecule has 1 saturated heterocycles. The number of ether oxygens (including phenoxy) is 1. The molecule has 3 N–H and O–H groups in total. The number of Topliss-reactive ketones (excluding diaryl/α,β-unsaturated/α-hetero) is 1. The van der Waals surface area contributed by atoms with Crippen LogP contribution in [0.2, 0.25) is 0 Å². The van der Waals surface area contributed by atoms with Crippen LogP contribution in [0.25, 0.3) is 0 Å². The second kappa shape index (κ2) is 14.6. The molecule has 2 heterocycles. The van der Waals surface area contributed by atoms with Crippen LogP contribution in [0.3, 0.4) is 0 Å². The van der Waals surface area contributed by atoms with Gasteiger partial charge >= 0.3 is 0 Å². The minimum Gasteiger partial charge on any atom is -0.479 e. The molecule has 2 aromatic carbocycles. The fourth-order valence-corrected chi connectivity index (χ4v) is 5.51. The third kappa shape index (κ3) is 7.93. The summed E-state index contributed by atoms with van der Waals surface area (Å²) in [5.74, 6) is -10.8. The summed E-state index contributed by atoms with van der Waals surface area (Å²) in [6.45, 7) is -0.221. The number of amides is 2. The number of anilines is 1. The molecule has 0 radical (unpaired) electrons. The Hall–Kier alpha value is -4.68. The molecule has 46 heavy (non-hydrogen) atoms. The lowest BCUT2D eigenvalue weighted by molar-refractivity contribution is -0.132. The second-order valence-corrected chi connectivity index (χ2v) is 11.6. The van der Waals surface area contributed by atoms with Crippen molar-refractivity contribution in [2.75, 3.05) is 25.0 Å². The van der Waals surface area contributed by atoms with E-state index in [2.05, 4.69) is 16.0 Å². The van der Waals surface area contributed by atoms with Crippen LogP contribution in [0.15, 0.2) is 59.5 Å². The fourth-order valence-electron chi connectivity index (χ4n) is 5.51. The Morgan fingerprint density at radius 2 is 1.67 bits per heavy atom. The Morgan fingerprint density at radius 3 is 2.33 bits per heavy atom. The highest BCUT2D eigenvalue weighted by Crippen LogP contribution is 2.37. The van der Waals surface area contributed by atoms with E-state index in [0.29, 0.717) is 38.0 Å². The van der Waals surface area contributed by atoms with Gasteiger partial charge < -0.3 is 25.3 Å². The van der Waals surface area contributed by atoms with Gasteiger partial charge in [-0.2, -0.15) is 8.78 Å². The third-order valence-corrected chi connectivity index (χ3v) is 8.26. The number of carbonyl (C=O) groups excluding carboxylic acids is 3. The standard InChI is InChI=1S/C33H34F4N4O5/c34-22-17-23(35)29(37)30(28(22)36)46-18-27(42)25(16-21-11-13-39-31(21)43)40-32(44)26(15-20-8-9-20)41-14-4-7-24(33(41)45)38-12-10-19-5-2-1-3-6-19/h1-7,14,17,20-21,25-26,38H,8-13,15-16,18H2,(H,39,43)(H,40,44). The molecule has 244 valence electrons. The van der Waals surface area contributed by atoms with E-state index in [4.69, 9.17) is 4.74 Å². The first-order valence-electron chi connectivity index (χ1n) is 15.2. The number of pyridine rings is 1. The maximum atomic E-state index is 14.2. The van der Waals surface area contributed by atoms with Crippen molar-refractivity contribution in [2.24, 2.45) is 11.8 Å². The number of nitrogens with one attached hydrogen (secondary N) is 3. The van der Waals surface area contributed by atoms with Crippen molar-refractivity contribution in [3.05, 3.63) is 93.9 Å². The van der Waals surface area contributed by atoms with Crippen LogP contribution in [0.4, 0.5) is 23.2 Å². The van der Waals surface area contributed by atoms with Crippen molar-refractivity contribution < 1.29 is 36.7 Å². The van der Waals surface area contributed by atoms with Crippen LogP contribution in [0.1, 0.15) is 43.7 Å². The van der Waals surface area contributed by atoms with Crippen LogP contribution in [-0.4, -0.2) is 47.9 Å². The van der Waals surface area contributed by atoms with Gasteiger partial charge in [0.2, 0.25) is 23.4 Å². The highest BCUT2D eigenvalue weighted by Gasteiger charge is 2.36. The third-order valence-electron chi connectivity index (χ3n) is 8.26. The van der Waals surface area contributed by atoms with Crippen LogP contribution < -0.4 is 26.2 Å². The number of ketones is 1. The normalized spacial score (nSPS) is 17.2. The molecule has 3 atom stereocenters. The summed E-state index contributed by atoms with van der Waals surface area (Å²) in [4.78, 5) is 53.0. The fraction of sp³-hybridized carbons (Fsp3) is 0.394. The van der Waals surface area contributed by atoms with Crippen molar-refractivity contribution >= 4 is 23.3 Å². The van der Waals surface area contributed by atoms with Gasteiger partial charge in [0, 0.05) is 31.3 Å². The summed E-state index contributed by atoms with van der Waals surface area (Å²) in [5.41, 5.74) is 0.944. The minimum atomic E-state index is -1.82. The van der Waals surface area contributed by atoms with Crippen LogP contribution in [0, 0.1) is 35.1 Å². The molecular formula is C33H34F4N4O5. The SMILES string of the molecule is O=C1NCCC1CC(NC(=O)C(CC1CC1)n1cccc(NCCc2ccccc2)c1=O)C(=O)COc1c(F)c(F)cc(F)c1F. The molecule has 0 spiro atoms. The van der Waals surface area contributed by atoms with E-state index in [1.54, 1.807) is 12.1 Å². The lowest BCUT2D eigenvalue weighted by Crippen LogP contribution is -2.48. The Balaban J connectivity index is 1.34. The van der Waals surface area contributed by atoms with E-state index in [1.165, 1.54) is 10.8 Å². The molecule has 3 aromatic rings. The second-order valence-electron chi connectivity index (χ2n) is 11.6. The number of aromatic nitrogens is 1. The molecule has 1 aliphatic carbocycles. The first-order valence-corrected chi connectivity index (χ1v) is 15.2. The molecular weight excluding hydrogens is 608 g/mol. The van der Waals surface area contributed by atoms with Gasteiger partial charge in [-0.1, -0.05) is 43.2 Å².